The van der Waals surface area contributed by atoms with Gasteiger partial charge in [0.2, 0.25) is 11.7 Å². The van der Waals surface area contributed by atoms with Crippen molar-refractivity contribution in [2.45, 2.75) is 96.2 Å². The van der Waals surface area contributed by atoms with Gasteiger partial charge in [0.15, 0.2) is 11.5 Å². The van der Waals surface area contributed by atoms with Crippen LogP contribution in [-0.4, -0.2) is 65.8 Å². The highest BCUT2D eigenvalue weighted by atomic mass is 32.1. The van der Waals surface area contributed by atoms with E-state index < -0.39 is 17.1 Å². The summed E-state index contributed by atoms with van der Waals surface area (Å²) in [6.45, 7) is 7.09. The molecular weight excluding hydrogens is 671 g/mol. The number of hydrogen-bond donors (Lipinski definition) is 2. The van der Waals surface area contributed by atoms with Crippen LogP contribution in [0.1, 0.15) is 104 Å². The molecule has 7 nitrogen and oxygen atoms in total. The maximum atomic E-state index is 14.6. The fourth-order valence-electron chi connectivity index (χ4n) is 8.58. The number of benzene rings is 3. The lowest BCUT2D eigenvalue weighted by atomic mass is 9.64. The SMILES string of the molecule is CCCN(CC1(O)CCC2c3ccc(cc3C(=O)c3cc4ccccc4s3)CC(O)CCC(C)=CCCC21C)C(=O)Cc1ccc(OC)c(OC)c1. The third kappa shape index (κ3) is 7.71. The Kier molecular flexibility index (Phi) is 11.6. The normalized spacial score (nSPS) is 23.5. The molecule has 0 saturated heterocycles. The van der Waals surface area contributed by atoms with E-state index in [-0.39, 0.29) is 30.6 Å². The predicted molar refractivity (Wildman–Crippen MR) is 209 cm³/mol. The summed E-state index contributed by atoms with van der Waals surface area (Å²) >= 11 is 1.51. The summed E-state index contributed by atoms with van der Waals surface area (Å²) < 4.78 is 12.0. The zero-order chi connectivity index (χ0) is 37.0. The van der Waals surface area contributed by atoms with E-state index in [4.69, 9.17) is 9.47 Å². The van der Waals surface area contributed by atoms with E-state index >= 15 is 0 Å². The van der Waals surface area contributed by atoms with Crippen LogP contribution in [0.2, 0.25) is 0 Å². The standard InChI is InChI=1S/C44H53NO6S/c1-6-22-45(41(47)26-31-15-18-37(50-4)38(25-31)51-5)28-44(49)21-19-36-34-17-14-30(23-33(46)16-13-29(2)10-9-20-43(36,44)3)24-35(34)42(48)40-27-32-11-7-8-12-39(32)52-40/h7-8,10-12,14-15,17-18,24-25,27,33,36,46,49H,6,9,13,16,19-23,26,28H2,1-5H3. The molecule has 0 radical (unpaired) electrons. The van der Waals surface area contributed by atoms with E-state index in [0.717, 1.165) is 46.0 Å². The number of amides is 1. The van der Waals surface area contributed by atoms with Crippen molar-refractivity contribution < 1.29 is 29.3 Å². The summed E-state index contributed by atoms with van der Waals surface area (Å²) in [5.74, 6) is 0.992. The van der Waals surface area contributed by atoms with Gasteiger partial charge in [-0.25, -0.2) is 0 Å². The molecule has 2 N–H and O–H groups in total. The second-order valence-corrected chi connectivity index (χ2v) is 16.2. The van der Waals surface area contributed by atoms with Gasteiger partial charge in [0.05, 0.1) is 37.2 Å². The lowest BCUT2D eigenvalue weighted by Crippen LogP contribution is -2.54. The number of carbonyl (C=O) groups is 2. The van der Waals surface area contributed by atoms with E-state index in [1.165, 1.54) is 16.9 Å². The van der Waals surface area contributed by atoms with Crippen molar-refractivity contribution in [1.82, 2.24) is 4.90 Å². The molecule has 1 aromatic heterocycles. The predicted octanol–water partition coefficient (Wildman–Crippen LogP) is 8.67. The Bertz CT molecular complexity index is 1910. The Morgan fingerprint density at radius 3 is 2.52 bits per heavy atom. The van der Waals surface area contributed by atoms with Crippen LogP contribution in [-0.2, 0) is 17.6 Å². The number of allylic oxidation sites excluding steroid dienone is 2. The fraction of sp³-hybridized carbons (Fsp3) is 0.455. The number of carbonyl (C=O) groups excluding carboxylic acids is 2. The molecule has 0 aliphatic heterocycles. The Morgan fingerprint density at radius 1 is 0.981 bits per heavy atom. The third-order valence-corrected chi connectivity index (χ3v) is 12.8. The number of nitrogens with zero attached hydrogens (tertiary/aromatic N) is 1. The van der Waals surface area contributed by atoms with Crippen LogP contribution in [0.5, 0.6) is 11.5 Å². The Morgan fingerprint density at radius 2 is 1.77 bits per heavy atom. The Labute approximate surface area is 312 Å². The Balaban J connectivity index is 1.38. The topological polar surface area (TPSA) is 96.3 Å². The molecule has 3 aliphatic rings. The molecule has 8 heteroatoms. The average molecular weight is 724 g/mol. The molecule has 3 aromatic carbocycles. The van der Waals surface area contributed by atoms with E-state index in [1.807, 2.05) is 59.5 Å². The summed E-state index contributed by atoms with van der Waals surface area (Å²) in [6.07, 6.45) is 7.22. The van der Waals surface area contributed by atoms with Gasteiger partial charge >= 0.3 is 0 Å². The average Bonchev–Trinajstić information content (AvgIpc) is 3.68. The van der Waals surface area contributed by atoms with Gasteiger partial charge in [-0.1, -0.05) is 61.9 Å². The number of aliphatic hydroxyl groups excluding tert-OH is 1. The maximum Gasteiger partial charge on any atom is 0.227 e. The van der Waals surface area contributed by atoms with Crippen LogP contribution in [0.4, 0.5) is 0 Å². The zero-order valence-electron chi connectivity index (χ0n) is 31.2. The summed E-state index contributed by atoms with van der Waals surface area (Å²) in [5.41, 5.74) is 2.74. The third-order valence-electron chi connectivity index (χ3n) is 11.7. The highest BCUT2D eigenvalue weighted by Crippen LogP contribution is 2.59. The smallest absolute Gasteiger partial charge is 0.227 e. The van der Waals surface area contributed by atoms with E-state index in [2.05, 4.69) is 39.0 Å². The first-order valence-corrected chi connectivity index (χ1v) is 19.5. The molecule has 52 heavy (non-hydrogen) atoms. The largest absolute Gasteiger partial charge is 0.493 e. The van der Waals surface area contributed by atoms with Crippen molar-refractivity contribution in [3.63, 3.8) is 0 Å². The number of rotatable bonds is 10. The molecule has 4 atom stereocenters. The van der Waals surface area contributed by atoms with E-state index in [9.17, 15) is 19.8 Å². The summed E-state index contributed by atoms with van der Waals surface area (Å²) in [5, 5.41) is 25.0. The summed E-state index contributed by atoms with van der Waals surface area (Å²) in [7, 11) is 3.17. The van der Waals surface area contributed by atoms with Gasteiger partial charge in [0.25, 0.3) is 0 Å². The van der Waals surface area contributed by atoms with Crippen LogP contribution in [0.25, 0.3) is 10.1 Å². The quantitative estimate of drug-likeness (QED) is 0.126. The molecule has 1 amide bonds. The molecule has 4 unspecified atom stereocenters. The van der Waals surface area contributed by atoms with Crippen molar-refractivity contribution in [1.29, 1.82) is 0 Å². The maximum absolute atomic E-state index is 14.6. The molecular formula is C44H53NO6S. The van der Waals surface area contributed by atoms with Crippen molar-refractivity contribution in [2.75, 3.05) is 27.3 Å². The monoisotopic (exact) mass is 723 g/mol. The van der Waals surface area contributed by atoms with Crippen LogP contribution >= 0.6 is 11.3 Å². The second kappa shape index (κ2) is 15.9. The van der Waals surface area contributed by atoms with Crippen LogP contribution in [0, 0.1) is 5.41 Å². The minimum Gasteiger partial charge on any atom is -0.493 e. The number of fused-ring (bicyclic) bond motifs is 9. The molecule has 0 spiro atoms. The van der Waals surface area contributed by atoms with E-state index in [1.54, 1.807) is 14.2 Å². The number of ether oxygens (including phenoxy) is 2. The highest BCUT2D eigenvalue weighted by Gasteiger charge is 2.57. The molecule has 1 heterocycles. The zero-order valence-corrected chi connectivity index (χ0v) is 32.1. The highest BCUT2D eigenvalue weighted by molar-refractivity contribution is 7.21. The van der Waals surface area contributed by atoms with Crippen molar-refractivity contribution in [3.05, 3.63) is 106 Å². The first kappa shape index (κ1) is 37.8. The lowest BCUT2D eigenvalue weighted by molar-refractivity contribution is -0.139. The minimum atomic E-state index is -1.19. The van der Waals surface area contributed by atoms with Crippen LogP contribution < -0.4 is 9.47 Å². The second-order valence-electron chi connectivity index (χ2n) is 15.1. The number of ketones is 1. The van der Waals surface area contributed by atoms with Crippen molar-refractivity contribution >= 4 is 33.1 Å². The van der Waals surface area contributed by atoms with Gasteiger partial charge in [0, 0.05) is 28.8 Å². The molecule has 3 aliphatic carbocycles. The summed E-state index contributed by atoms with van der Waals surface area (Å²) in [6, 6.07) is 21.7. The van der Waals surface area contributed by atoms with Gasteiger partial charge in [-0.2, -0.15) is 0 Å². The molecule has 2 bridgehead atoms. The summed E-state index contributed by atoms with van der Waals surface area (Å²) in [4.78, 5) is 31.1. The van der Waals surface area contributed by atoms with E-state index in [0.29, 0.717) is 60.6 Å². The molecule has 276 valence electrons. The lowest BCUT2D eigenvalue weighted by Gasteiger charge is -2.46. The molecule has 7 rings (SSSR count). The van der Waals surface area contributed by atoms with Crippen molar-refractivity contribution in [3.8, 4) is 11.5 Å². The molecule has 4 aromatic rings. The first-order valence-electron chi connectivity index (χ1n) is 18.7. The minimum absolute atomic E-state index is 0.0223. The van der Waals surface area contributed by atoms with Gasteiger partial charge < -0.3 is 24.6 Å². The van der Waals surface area contributed by atoms with Crippen LogP contribution in [0.15, 0.2) is 78.4 Å². The van der Waals surface area contributed by atoms with Gasteiger partial charge in [-0.3, -0.25) is 9.59 Å². The van der Waals surface area contributed by atoms with Crippen molar-refractivity contribution in [2.24, 2.45) is 5.41 Å². The first-order chi connectivity index (χ1) is 25.0. The van der Waals surface area contributed by atoms with Gasteiger partial charge in [0.1, 0.15) is 0 Å². The number of hydrogen-bond acceptors (Lipinski definition) is 7. The number of aliphatic hydroxyl groups is 2. The number of methoxy groups -OCH3 is 2. The number of thiophene rings is 1. The fourth-order valence-corrected chi connectivity index (χ4v) is 9.59. The Hall–Kier alpha value is -3.98. The van der Waals surface area contributed by atoms with Gasteiger partial charge in [-0.15, -0.1) is 11.3 Å². The molecule has 1 fully saturated rings. The van der Waals surface area contributed by atoms with Gasteiger partial charge in [-0.05, 0) is 117 Å². The molecule has 1 saturated carbocycles. The van der Waals surface area contributed by atoms with Crippen LogP contribution in [0.3, 0.4) is 0 Å².